The van der Waals surface area contributed by atoms with E-state index in [1.807, 2.05) is 6.07 Å². The van der Waals surface area contributed by atoms with Crippen molar-refractivity contribution in [1.29, 1.82) is 0 Å². The fraction of sp³-hybridized carbons (Fsp3) is 0.417. The van der Waals surface area contributed by atoms with Crippen LogP contribution in [0.1, 0.15) is 32.0 Å². The number of rotatable bonds is 1. The minimum Gasteiger partial charge on any atom is -0.342 e. The van der Waals surface area contributed by atoms with E-state index < -0.39 is 0 Å². The maximum atomic E-state index is 13.4. The van der Waals surface area contributed by atoms with Crippen LogP contribution in [0.3, 0.4) is 0 Å². The number of benzene rings is 1. The minimum absolute atomic E-state index is 0.242. The molecule has 15 heavy (non-hydrogen) atoms. The molecule has 0 aliphatic heterocycles. The van der Waals surface area contributed by atoms with Crippen molar-refractivity contribution in [1.82, 2.24) is 9.97 Å². The van der Waals surface area contributed by atoms with Crippen molar-refractivity contribution in [3.63, 3.8) is 0 Å². The van der Waals surface area contributed by atoms with Gasteiger partial charge in [0.2, 0.25) is 0 Å². The lowest BCUT2D eigenvalue weighted by Gasteiger charge is -1.97. The number of fused-ring (bicyclic) bond motifs is 1. The molecule has 3 rings (SSSR count). The normalized spacial score (nSPS) is 23.3. The predicted molar refractivity (Wildman–Crippen MR) is 57.2 cm³/mol. The van der Waals surface area contributed by atoms with Crippen LogP contribution in [-0.4, -0.2) is 9.97 Å². The molecule has 1 atom stereocenters. The zero-order chi connectivity index (χ0) is 10.6. The Hall–Kier alpha value is -1.38. The number of aromatic nitrogens is 2. The number of nitrogens with one attached hydrogen (secondary N) is 1. The molecule has 3 heteroatoms. The summed E-state index contributed by atoms with van der Waals surface area (Å²) in [7, 11) is 0. The summed E-state index contributed by atoms with van der Waals surface area (Å²) in [6, 6.07) is 5.02. The van der Waals surface area contributed by atoms with Crippen LogP contribution >= 0.6 is 0 Å². The van der Waals surface area contributed by atoms with E-state index in [0.717, 1.165) is 17.8 Å². The van der Waals surface area contributed by atoms with Gasteiger partial charge < -0.3 is 4.98 Å². The van der Waals surface area contributed by atoms with E-state index in [0.29, 0.717) is 16.8 Å². The first-order valence-corrected chi connectivity index (χ1v) is 5.22. The zero-order valence-corrected chi connectivity index (χ0v) is 8.84. The topological polar surface area (TPSA) is 28.7 Å². The SMILES string of the molecule is CC1(C)CC1c1nc2c(F)cccc2[nH]1. The summed E-state index contributed by atoms with van der Waals surface area (Å²) in [5.74, 6) is 1.15. The molecule has 0 amide bonds. The predicted octanol–water partition coefficient (Wildman–Crippen LogP) is 3.22. The van der Waals surface area contributed by atoms with Crippen molar-refractivity contribution in [2.24, 2.45) is 5.41 Å². The smallest absolute Gasteiger partial charge is 0.151 e. The maximum absolute atomic E-state index is 13.4. The van der Waals surface area contributed by atoms with Gasteiger partial charge in [-0.25, -0.2) is 9.37 Å². The molecule has 1 aromatic carbocycles. The van der Waals surface area contributed by atoms with Crippen LogP contribution in [0.5, 0.6) is 0 Å². The lowest BCUT2D eigenvalue weighted by atomic mass is 10.1. The summed E-state index contributed by atoms with van der Waals surface area (Å²) in [4.78, 5) is 7.54. The Morgan fingerprint density at radius 3 is 2.80 bits per heavy atom. The quantitative estimate of drug-likeness (QED) is 0.759. The van der Waals surface area contributed by atoms with Crippen molar-refractivity contribution in [2.45, 2.75) is 26.2 Å². The van der Waals surface area contributed by atoms with Crippen LogP contribution in [0.4, 0.5) is 4.39 Å². The van der Waals surface area contributed by atoms with Crippen molar-refractivity contribution >= 4 is 11.0 Å². The van der Waals surface area contributed by atoms with Gasteiger partial charge >= 0.3 is 0 Å². The average molecular weight is 204 g/mol. The monoisotopic (exact) mass is 204 g/mol. The Morgan fingerprint density at radius 1 is 1.47 bits per heavy atom. The van der Waals surface area contributed by atoms with Crippen molar-refractivity contribution in [3.8, 4) is 0 Å². The highest BCUT2D eigenvalue weighted by Gasteiger charge is 2.48. The Kier molecular flexibility index (Phi) is 1.54. The second-order valence-electron chi connectivity index (χ2n) is 5.00. The zero-order valence-electron chi connectivity index (χ0n) is 8.84. The second-order valence-corrected chi connectivity index (χ2v) is 5.00. The minimum atomic E-state index is -0.242. The van der Waals surface area contributed by atoms with E-state index in [-0.39, 0.29) is 5.82 Å². The van der Waals surface area contributed by atoms with E-state index in [1.165, 1.54) is 6.07 Å². The first kappa shape index (κ1) is 8.89. The van der Waals surface area contributed by atoms with Crippen LogP contribution in [0.2, 0.25) is 0 Å². The van der Waals surface area contributed by atoms with Gasteiger partial charge in [-0.05, 0) is 24.0 Å². The molecule has 1 fully saturated rings. The molecule has 1 saturated carbocycles. The molecule has 1 aliphatic carbocycles. The Morgan fingerprint density at radius 2 is 2.20 bits per heavy atom. The molecular formula is C12H13FN2. The standard InChI is InChI=1S/C12H13FN2/c1-12(2)6-7(12)11-14-9-5-3-4-8(13)10(9)15-11/h3-5,7H,6H2,1-2H3,(H,14,15). The molecule has 0 radical (unpaired) electrons. The molecule has 1 heterocycles. The lowest BCUT2D eigenvalue weighted by Crippen LogP contribution is -1.91. The summed E-state index contributed by atoms with van der Waals surface area (Å²) in [6.07, 6.45) is 1.13. The summed E-state index contributed by atoms with van der Waals surface area (Å²) < 4.78 is 13.4. The molecule has 1 unspecified atom stereocenters. The summed E-state index contributed by atoms with van der Waals surface area (Å²) in [5.41, 5.74) is 1.59. The van der Waals surface area contributed by atoms with Gasteiger partial charge in [0.05, 0.1) is 5.52 Å². The second kappa shape index (κ2) is 2.60. The van der Waals surface area contributed by atoms with Gasteiger partial charge in [-0.1, -0.05) is 19.9 Å². The highest BCUT2D eigenvalue weighted by Crippen LogP contribution is 2.57. The Balaban J connectivity index is 2.12. The molecule has 1 aromatic heterocycles. The summed E-state index contributed by atoms with van der Waals surface area (Å²) in [5, 5.41) is 0. The third-order valence-electron chi connectivity index (χ3n) is 3.33. The molecule has 1 N–H and O–H groups in total. The van der Waals surface area contributed by atoms with Gasteiger partial charge in [-0.15, -0.1) is 0 Å². The number of nitrogens with zero attached hydrogens (tertiary/aromatic N) is 1. The summed E-state index contributed by atoms with van der Waals surface area (Å²) >= 11 is 0. The number of hydrogen-bond donors (Lipinski definition) is 1. The van der Waals surface area contributed by atoms with Gasteiger partial charge in [0.15, 0.2) is 5.82 Å². The Bertz CT molecular complexity index is 527. The van der Waals surface area contributed by atoms with E-state index >= 15 is 0 Å². The number of hydrogen-bond acceptors (Lipinski definition) is 1. The molecule has 78 valence electrons. The van der Waals surface area contributed by atoms with E-state index in [4.69, 9.17) is 0 Å². The van der Waals surface area contributed by atoms with Crippen molar-refractivity contribution in [2.75, 3.05) is 0 Å². The van der Waals surface area contributed by atoms with Gasteiger partial charge in [0.25, 0.3) is 0 Å². The van der Waals surface area contributed by atoms with Gasteiger partial charge in [-0.2, -0.15) is 0 Å². The van der Waals surface area contributed by atoms with Gasteiger partial charge in [0, 0.05) is 5.92 Å². The molecule has 0 spiro atoms. The number of para-hydroxylation sites is 1. The van der Waals surface area contributed by atoms with Crippen LogP contribution in [-0.2, 0) is 0 Å². The highest BCUT2D eigenvalue weighted by atomic mass is 19.1. The third kappa shape index (κ3) is 1.26. The summed E-state index contributed by atoms with van der Waals surface area (Å²) in [6.45, 7) is 4.42. The first-order chi connectivity index (χ1) is 7.08. The largest absolute Gasteiger partial charge is 0.342 e. The van der Waals surface area contributed by atoms with Crippen LogP contribution in [0.25, 0.3) is 11.0 Å². The van der Waals surface area contributed by atoms with Crippen molar-refractivity contribution < 1.29 is 4.39 Å². The van der Waals surface area contributed by atoms with E-state index in [1.54, 1.807) is 6.07 Å². The van der Waals surface area contributed by atoms with Crippen LogP contribution in [0, 0.1) is 11.2 Å². The number of H-pyrrole nitrogens is 1. The fourth-order valence-electron chi connectivity index (χ4n) is 2.12. The first-order valence-electron chi connectivity index (χ1n) is 5.22. The van der Waals surface area contributed by atoms with Gasteiger partial charge in [0.1, 0.15) is 11.3 Å². The highest BCUT2D eigenvalue weighted by molar-refractivity contribution is 5.75. The number of aromatic amines is 1. The maximum Gasteiger partial charge on any atom is 0.151 e. The molecule has 0 bridgehead atoms. The van der Waals surface area contributed by atoms with Crippen LogP contribution < -0.4 is 0 Å². The Labute approximate surface area is 87.5 Å². The number of imidazole rings is 1. The average Bonchev–Trinajstić information content (AvgIpc) is 2.62. The molecule has 0 saturated heterocycles. The van der Waals surface area contributed by atoms with Crippen LogP contribution in [0.15, 0.2) is 18.2 Å². The molecule has 2 nitrogen and oxygen atoms in total. The third-order valence-corrected chi connectivity index (χ3v) is 3.33. The number of halogens is 1. The van der Waals surface area contributed by atoms with Gasteiger partial charge in [-0.3, -0.25) is 0 Å². The molecule has 2 aromatic rings. The molecule has 1 aliphatic rings. The molecular weight excluding hydrogens is 191 g/mol. The van der Waals surface area contributed by atoms with Crippen molar-refractivity contribution in [3.05, 3.63) is 29.8 Å². The fourth-order valence-corrected chi connectivity index (χ4v) is 2.12. The van der Waals surface area contributed by atoms with E-state index in [2.05, 4.69) is 23.8 Å². The van der Waals surface area contributed by atoms with E-state index in [9.17, 15) is 4.39 Å². The lowest BCUT2D eigenvalue weighted by molar-refractivity contribution is 0.610.